The molecular formula is C37H45ClN8O2. The molecule has 2 N–H and O–H groups in total. The lowest BCUT2D eigenvalue weighted by Crippen LogP contribution is -2.40. The highest BCUT2D eigenvalue weighted by Gasteiger charge is 2.30. The van der Waals surface area contributed by atoms with E-state index in [0.717, 1.165) is 85.0 Å². The predicted octanol–water partition coefficient (Wildman–Crippen LogP) is 6.36. The number of carbonyl (C=O) groups is 2. The van der Waals surface area contributed by atoms with Gasteiger partial charge in [0, 0.05) is 81.8 Å². The van der Waals surface area contributed by atoms with Crippen LogP contribution >= 0.6 is 11.6 Å². The van der Waals surface area contributed by atoms with Gasteiger partial charge in [-0.2, -0.15) is 0 Å². The van der Waals surface area contributed by atoms with Gasteiger partial charge in [-0.15, -0.1) is 0 Å². The molecule has 0 saturated heterocycles. The minimum absolute atomic E-state index is 0.233. The van der Waals surface area contributed by atoms with Crippen LogP contribution in [0.5, 0.6) is 0 Å². The molecule has 48 heavy (non-hydrogen) atoms. The Labute approximate surface area is 287 Å². The van der Waals surface area contributed by atoms with Crippen LogP contribution in [0.25, 0.3) is 11.1 Å². The second-order valence-electron chi connectivity index (χ2n) is 13.5. The first-order valence-electron chi connectivity index (χ1n) is 17.3. The Kier molecular flexibility index (Phi) is 9.15. The first-order valence-corrected chi connectivity index (χ1v) is 17.7. The Morgan fingerprint density at radius 3 is 2.06 bits per heavy atom. The molecule has 2 amide bonds. The summed E-state index contributed by atoms with van der Waals surface area (Å²) >= 11 is 6.97. The first kappa shape index (κ1) is 32.6. The molecule has 0 bridgehead atoms. The van der Waals surface area contributed by atoms with Gasteiger partial charge < -0.3 is 19.8 Å². The van der Waals surface area contributed by atoms with Crippen LogP contribution < -0.4 is 10.6 Å². The molecule has 0 unspecified atom stereocenters. The van der Waals surface area contributed by atoms with Crippen molar-refractivity contribution >= 4 is 34.8 Å². The Morgan fingerprint density at radius 1 is 0.812 bits per heavy atom. The third-order valence-electron chi connectivity index (χ3n) is 10.7. The molecule has 1 aliphatic carbocycles. The molecule has 11 heteroatoms. The van der Waals surface area contributed by atoms with Crippen molar-refractivity contribution in [2.45, 2.75) is 77.9 Å². The molecule has 0 spiro atoms. The number of nitrogens with one attached hydrogen (secondary N) is 2. The van der Waals surface area contributed by atoms with Gasteiger partial charge in [0.15, 0.2) is 11.6 Å². The van der Waals surface area contributed by atoms with Gasteiger partial charge >= 0.3 is 0 Å². The van der Waals surface area contributed by atoms with Crippen molar-refractivity contribution in [1.82, 2.24) is 28.9 Å². The number of hydrogen-bond donors (Lipinski definition) is 2. The number of carbonyl (C=O) groups excluding carboxylic acids is 2. The number of fused-ring (bicyclic) bond motifs is 2. The predicted molar refractivity (Wildman–Crippen MR) is 190 cm³/mol. The highest BCUT2D eigenvalue weighted by Crippen LogP contribution is 2.38. The average molecular weight is 669 g/mol. The Balaban J connectivity index is 1.09. The molecule has 2 aromatic heterocycles. The summed E-state index contributed by atoms with van der Waals surface area (Å²) in [6.45, 7) is 8.59. The van der Waals surface area contributed by atoms with E-state index in [-0.39, 0.29) is 11.8 Å². The lowest BCUT2D eigenvalue weighted by molar-refractivity contribution is 0.100. The van der Waals surface area contributed by atoms with Crippen molar-refractivity contribution in [3.8, 4) is 11.1 Å². The second-order valence-corrected chi connectivity index (χ2v) is 13.8. The van der Waals surface area contributed by atoms with Crippen molar-refractivity contribution in [1.29, 1.82) is 0 Å². The lowest BCUT2D eigenvalue weighted by Gasteiger charge is -2.36. The van der Waals surface area contributed by atoms with Crippen LogP contribution in [0.2, 0.25) is 5.02 Å². The zero-order valence-electron chi connectivity index (χ0n) is 28.4. The smallest absolute Gasteiger partial charge is 0.291 e. The normalized spacial score (nSPS) is 17.2. The highest BCUT2D eigenvalue weighted by molar-refractivity contribution is 6.36. The zero-order chi connectivity index (χ0) is 33.5. The number of rotatable bonds is 7. The second kappa shape index (κ2) is 13.5. The van der Waals surface area contributed by atoms with E-state index in [2.05, 4.69) is 27.4 Å². The van der Waals surface area contributed by atoms with Gasteiger partial charge in [-0.05, 0) is 49.6 Å². The topological polar surface area (TPSA) is 100 Å². The van der Waals surface area contributed by atoms with E-state index < -0.39 is 0 Å². The van der Waals surface area contributed by atoms with Crippen molar-refractivity contribution in [3.05, 3.63) is 81.4 Å². The number of hydrogen-bond acceptors (Lipinski definition) is 6. The van der Waals surface area contributed by atoms with Crippen molar-refractivity contribution in [2.24, 2.45) is 14.1 Å². The molecule has 0 radical (unpaired) electrons. The van der Waals surface area contributed by atoms with Gasteiger partial charge in [-0.3, -0.25) is 19.4 Å². The minimum atomic E-state index is -0.300. The van der Waals surface area contributed by atoms with Crippen molar-refractivity contribution < 1.29 is 9.59 Å². The summed E-state index contributed by atoms with van der Waals surface area (Å²) in [7, 11) is 3.84. The molecule has 2 aromatic carbocycles. The van der Waals surface area contributed by atoms with Gasteiger partial charge in [0.05, 0.1) is 22.1 Å². The van der Waals surface area contributed by atoms with Crippen molar-refractivity contribution in [3.63, 3.8) is 0 Å². The van der Waals surface area contributed by atoms with Gasteiger partial charge in [0.2, 0.25) is 0 Å². The molecule has 0 atom stereocenters. The van der Waals surface area contributed by atoms with E-state index in [1.54, 1.807) is 6.07 Å². The molecule has 7 rings (SSSR count). The molecular weight excluding hydrogens is 624 g/mol. The molecule has 4 aromatic rings. The van der Waals surface area contributed by atoms with Crippen LogP contribution in [0.1, 0.15) is 88.6 Å². The third kappa shape index (κ3) is 6.06. The summed E-state index contributed by atoms with van der Waals surface area (Å²) in [5.41, 5.74) is 7.91. The lowest BCUT2D eigenvalue weighted by atomic mass is 9.93. The largest absolute Gasteiger partial charge is 0.327 e. The number of benzene rings is 2. The van der Waals surface area contributed by atoms with Crippen LogP contribution in [0.15, 0.2) is 36.4 Å². The van der Waals surface area contributed by atoms with Crippen LogP contribution in [0.4, 0.5) is 11.4 Å². The molecule has 2 aliphatic heterocycles. The first-order chi connectivity index (χ1) is 23.2. The zero-order valence-corrected chi connectivity index (χ0v) is 29.2. The molecule has 3 aliphatic rings. The van der Waals surface area contributed by atoms with E-state index >= 15 is 0 Å². The average Bonchev–Trinajstić information content (AvgIpc) is 3.62. The fourth-order valence-corrected chi connectivity index (χ4v) is 8.10. The Morgan fingerprint density at radius 2 is 1.40 bits per heavy atom. The number of aromatic nitrogens is 4. The highest BCUT2D eigenvalue weighted by atomic mass is 35.5. The van der Waals surface area contributed by atoms with Crippen LogP contribution in [-0.4, -0.2) is 66.4 Å². The molecule has 10 nitrogen and oxygen atoms in total. The number of likely N-dealkylation sites (N-methyl/N-ethyl adjacent to an activating group) is 1. The summed E-state index contributed by atoms with van der Waals surface area (Å²) in [5, 5.41) is 6.55. The summed E-state index contributed by atoms with van der Waals surface area (Å²) < 4.78 is 3.86. The Bertz CT molecular complexity index is 1870. The number of nitrogens with zero attached hydrogens (tertiary/aromatic N) is 6. The molecule has 1 saturated carbocycles. The van der Waals surface area contributed by atoms with Gasteiger partial charge in [0.1, 0.15) is 0 Å². The molecule has 252 valence electrons. The SMILES string of the molecule is CCN1CCc2c(nc(C(=O)Nc3cccc(-c4cccc(NC(=O)c5nc6c(n5C)CCN(C5CCCCC5)C6)c4C)c3Cl)n2C)C1. The van der Waals surface area contributed by atoms with Crippen LogP contribution in [0.3, 0.4) is 0 Å². The maximum atomic E-state index is 13.7. The molecule has 1 fully saturated rings. The maximum absolute atomic E-state index is 13.7. The molecule has 4 heterocycles. The summed E-state index contributed by atoms with van der Waals surface area (Å²) in [4.78, 5) is 41.6. The fourth-order valence-electron chi connectivity index (χ4n) is 7.82. The summed E-state index contributed by atoms with van der Waals surface area (Å²) in [6, 6.07) is 12.0. The minimum Gasteiger partial charge on any atom is -0.327 e. The van der Waals surface area contributed by atoms with Gasteiger partial charge in [0.25, 0.3) is 11.8 Å². The standard InChI is InChI=1S/C37H45ClN8O2/c1-5-45-19-17-31-29(21-45)39-35(43(31)3)37(48)42-28-16-10-14-26(33(28)38)25-13-9-15-27(23(25)2)41-36(47)34-40-30-22-46(20-18-32(30)44(34)4)24-11-7-6-8-12-24/h9-10,13-16,24H,5-8,11-12,17-22H2,1-4H3,(H,41,47)(H,42,48). The maximum Gasteiger partial charge on any atom is 0.291 e. The van der Waals surface area contributed by atoms with E-state index in [0.29, 0.717) is 34.1 Å². The van der Waals surface area contributed by atoms with Crippen LogP contribution in [-0.2, 0) is 40.0 Å². The van der Waals surface area contributed by atoms with E-state index in [9.17, 15) is 9.59 Å². The van der Waals surface area contributed by atoms with Gasteiger partial charge in [-0.1, -0.05) is 62.1 Å². The quantitative estimate of drug-likeness (QED) is 0.238. The van der Waals surface area contributed by atoms with Gasteiger partial charge in [-0.25, -0.2) is 9.97 Å². The Hall–Kier alpha value is -3.99. The van der Waals surface area contributed by atoms with Crippen LogP contribution in [0, 0.1) is 6.92 Å². The number of halogens is 1. The monoisotopic (exact) mass is 668 g/mol. The van der Waals surface area contributed by atoms with Crippen molar-refractivity contribution in [2.75, 3.05) is 30.3 Å². The summed E-state index contributed by atoms with van der Waals surface area (Å²) in [5.74, 6) is 0.268. The third-order valence-corrected chi connectivity index (χ3v) is 11.1. The number of amides is 2. The van der Waals surface area contributed by atoms with E-state index in [1.165, 1.54) is 32.1 Å². The number of anilines is 2. The van der Waals surface area contributed by atoms with E-state index in [1.807, 2.05) is 60.5 Å². The summed E-state index contributed by atoms with van der Waals surface area (Å²) in [6.07, 6.45) is 8.23. The van der Waals surface area contributed by atoms with E-state index in [4.69, 9.17) is 21.6 Å². The number of imidazole rings is 2. The fraction of sp³-hybridized carbons (Fsp3) is 0.459.